The molecular weight excluding hydrogens is 346 g/mol. The van der Waals surface area contributed by atoms with Crippen molar-refractivity contribution in [1.82, 2.24) is 10.2 Å². The quantitative estimate of drug-likeness (QED) is 0.567. The highest BCUT2D eigenvalue weighted by Gasteiger charge is 2.38. The summed E-state index contributed by atoms with van der Waals surface area (Å²) in [5.74, 6) is -1.08. The first-order chi connectivity index (χ1) is 13.0. The summed E-state index contributed by atoms with van der Waals surface area (Å²) in [5.41, 5.74) is 1.67. The molecule has 1 fully saturated rings. The summed E-state index contributed by atoms with van der Waals surface area (Å²) in [5, 5.41) is 5.54. The molecule has 0 bridgehead atoms. The fraction of sp³-hybridized carbons (Fsp3) is 0.500. The molecule has 1 aromatic carbocycles. The van der Waals surface area contributed by atoms with E-state index in [0.717, 1.165) is 18.5 Å². The van der Waals surface area contributed by atoms with Gasteiger partial charge in [0.05, 0.1) is 11.1 Å². The lowest BCUT2D eigenvalue weighted by Gasteiger charge is -2.24. The molecule has 0 saturated heterocycles. The van der Waals surface area contributed by atoms with E-state index < -0.39 is 11.9 Å². The van der Waals surface area contributed by atoms with E-state index in [1.165, 1.54) is 24.2 Å². The number of nitrogens with zero attached hydrogens (tertiary/aromatic N) is 1. The maximum absolute atomic E-state index is 12.8. The number of carbonyl (C=O) groups is 4. The molecular formula is C20H25N3O4. The number of fused-ring (bicyclic) bond motifs is 1. The lowest BCUT2D eigenvalue weighted by molar-refractivity contribution is -0.125. The molecule has 144 valence electrons. The van der Waals surface area contributed by atoms with Gasteiger partial charge >= 0.3 is 0 Å². The second kappa shape index (κ2) is 8.33. The Hall–Kier alpha value is -2.70. The number of hydrogen-bond acceptors (Lipinski definition) is 5. The van der Waals surface area contributed by atoms with E-state index in [9.17, 15) is 19.2 Å². The molecule has 1 aromatic rings. The standard InChI is InChI=1S/C20H25N3O4/c1-13(7-10-18(25)21-12-24)23-19(26)16-9-8-15(11-17(16)20(23)27)22-14-5-3-2-4-6-14/h8-9,11-14,22H,2-7,10H2,1H3,(H,21,24,25). The molecule has 1 heterocycles. The number of imide groups is 2. The molecule has 1 aliphatic carbocycles. The number of amides is 4. The van der Waals surface area contributed by atoms with Crippen molar-refractivity contribution >= 4 is 29.8 Å². The molecule has 4 amide bonds. The molecule has 27 heavy (non-hydrogen) atoms. The zero-order valence-electron chi connectivity index (χ0n) is 15.5. The third kappa shape index (κ3) is 4.18. The minimum absolute atomic E-state index is 0.0712. The van der Waals surface area contributed by atoms with Gasteiger partial charge in [-0.3, -0.25) is 29.4 Å². The van der Waals surface area contributed by atoms with Crippen molar-refractivity contribution in [2.45, 2.75) is 64.0 Å². The van der Waals surface area contributed by atoms with Crippen LogP contribution >= 0.6 is 0 Å². The van der Waals surface area contributed by atoms with Crippen molar-refractivity contribution < 1.29 is 19.2 Å². The van der Waals surface area contributed by atoms with Crippen LogP contribution in [-0.2, 0) is 9.59 Å². The summed E-state index contributed by atoms with van der Waals surface area (Å²) in [7, 11) is 0. The van der Waals surface area contributed by atoms with Gasteiger partial charge in [-0.1, -0.05) is 19.3 Å². The van der Waals surface area contributed by atoms with E-state index >= 15 is 0 Å². The average molecular weight is 371 g/mol. The van der Waals surface area contributed by atoms with Crippen LogP contribution in [0.15, 0.2) is 18.2 Å². The topological polar surface area (TPSA) is 95.6 Å². The van der Waals surface area contributed by atoms with Crippen molar-refractivity contribution in [2.24, 2.45) is 0 Å². The molecule has 0 aromatic heterocycles. The molecule has 1 saturated carbocycles. The smallest absolute Gasteiger partial charge is 0.261 e. The molecule has 3 rings (SSSR count). The van der Waals surface area contributed by atoms with Gasteiger partial charge in [0.15, 0.2) is 0 Å². The van der Waals surface area contributed by atoms with Crippen LogP contribution in [0.5, 0.6) is 0 Å². The first kappa shape index (κ1) is 19.1. The van der Waals surface area contributed by atoms with Crippen LogP contribution in [0.1, 0.15) is 72.6 Å². The lowest BCUT2D eigenvalue weighted by atomic mass is 9.95. The highest BCUT2D eigenvalue weighted by Crippen LogP contribution is 2.30. The second-order valence-corrected chi connectivity index (χ2v) is 7.29. The van der Waals surface area contributed by atoms with Gasteiger partial charge in [-0.2, -0.15) is 0 Å². The third-order valence-corrected chi connectivity index (χ3v) is 5.34. The van der Waals surface area contributed by atoms with Gasteiger partial charge in [-0.15, -0.1) is 0 Å². The van der Waals surface area contributed by atoms with E-state index in [4.69, 9.17) is 0 Å². The fourth-order valence-electron chi connectivity index (χ4n) is 3.84. The summed E-state index contributed by atoms with van der Waals surface area (Å²) >= 11 is 0. The Bertz CT molecular complexity index is 756. The largest absolute Gasteiger partial charge is 0.382 e. The molecule has 1 atom stereocenters. The molecule has 0 spiro atoms. The Labute approximate surface area is 158 Å². The highest BCUT2D eigenvalue weighted by atomic mass is 16.2. The van der Waals surface area contributed by atoms with E-state index in [1.807, 2.05) is 6.07 Å². The third-order valence-electron chi connectivity index (χ3n) is 5.34. The van der Waals surface area contributed by atoms with Gasteiger partial charge in [0.1, 0.15) is 0 Å². The summed E-state index contributed by atoms with van der Waals surface area (Å²) in [6.07, 6.45) is 6.64. The van der Waals surface area contributed by atoms with Gasteiger partial charge in [0, 0.05) is 24.2 Å². The predicted molar refractivity (Wildman–Crippen MR) is 100 cm³/mol. The number of carbonyl (C=O) groups excluding carboxylic acids is 4. The van der Waals surface area contributed by atoms with E-state index in [2.05, 4.69) is 10.6 Å². The van der Waals surface area contributed by atoms with Crippen LogP contribution in [0.3, 0.4) is 0 Å². The first-order valence-electron chi connectivity index (χ1n) is 9.52. The van der Waals surface area contributed by atoms with Crippen molar-refractivity contribution in [3.63, 3.8) is 0 Å². The summed E-state index contributed by atoms with van der Waals surface area (Å²) in [6.45, 7) is 1.73. The van der Waals surface area contributed by atoms with E-state index in [0.29, 0.717) is 30.0 Å². The van der Waals surface area contributed by atoms with Crippen LogP contribution in [0.25, 0.3) is 0 Å². The van der Waals surface area contributed by atoms with Crippen molar-refractivity contribution in [3.05, 3.63) is 29.3 Å². The zero-order chi connectivity index (χ0) is 19.4. The number of nitrogens with one attached hydrogen (secondary N) is 2. The van der Waals surface area contributed by atoms with Crippen molar-refractivity contribution in [3.8, 4) is 0 Å². The van der Waals surface area contributed by atoms with Gasteiger partial charge in [0.25, 0.3) is 11.8 Å². The number of benzene rings is 1. The minimum Gasteiger partial charge on any atom is -0.382 e. The van der Waals surface area contributed by atoms with E-state index in [1.54, 1.807) is 19.1 Å². The Morgan fingerprint density at radius 3 is 2.59 bits per heavy atom. The van der Waals surface area contributed by atoms with Gasteiger partial charge < -0.3 is 5.32 Å². The number of hydrogen-bond donors (Lipinski definition) is 2. The van der Waals surface area contributed by atoms with Crippen LogP contribution in [-0.4, -0.2) is 41.1 Å². The number of anilines is 1. The zero-order valence-corrected chi connectivity index (χ0v) is 15.5. The normalized spacial score (nSPS) is 18.2. The van der Waals surface area contributed by atoms with Crippen molar-refractivity contribution in [1.29, 1.82) is 0 Å². The van der Waals surface area contributed by atoms with Crippen molar-refractivity contribution in [2.75, 3.05) is 5.32 Å². The molecule has 7 heteroatoms. The molecule has 1 aliphatic heterocycles. The Balaban J connectivity index is 1.69. The Morgan fingerprint density at radius 1 is 1.19 bits per heavy atom. The molecule has 2 aliphatic rings. The van der Waals surface area contributed by atoms with E-state index in [-0.39, 0.29) is 18.2 Å². The van der Waals surface area contributed by atoms with Gasteiger partial charge in [-0.25, -0.2) is 0 Å². The molecule has 0 radical (unpaired) electrons. The highest BCUT2D eigenvalue weighted by molar-refractivity contribution is 6.22. The average Bonchev–Trinajstić information content (AvgIpc) is 2.91. The van der Waals surface area contributed by atoms with Gasteiger partial charge in [0.2, 0.25) is 12.3 Å². The van der Waals surface area contributed by atoms with Crippen LogP contribution in [0, 0.1) is 0 Å². The molecule has 2 N–H and O–H groups in total. The molecule has 1 unspecified atom stereocenters. The predicted octanol–water partition coefficient (Wildman–Crippen LogP) is 2.47. The SMILES string of the molecule is CC(CCC(=O)NC=O)N1C(=O)c2ccc(NC3CCCCC3)cc2C1=O. The Kier molecular flexibility index (Phi) is 5.88. The summed E-state index contributed by atoms with van der Waals surface area (Å²) in [4.78, 5) is 48.4. The van der Waals surface area contributed by atoms with Gasteiger partial charge in [-0.05, 0) is 44.4 Å². The minimum atomic E-state index is -0.426. The van der Waals surface area contributed by atoms with Crippen LogP contribution in [0.4, 0.5) is 5.69 Å². The summed E-state index contributed by atoms with van der Waals surface area (Å²) < 4.78 is 0. The fourth-order valence-corrected chi connectivity index (χ4v) is 3.84. The van der Waals surface area contributed by atoms with Crippen LogP contribution in [0.2, 0.25) is 0 Å². The van der Waals surface area contributed by atoms with Crippen LogP contribution < -0.4 is 10.6 Å². The monoisotopic (exact) mass is 371 g/mol. The molecule has 7 nitrogen and oxygen atoms in total. The maximum atomic E-state index is 12.8. The number of rotatable bonds is 7. The second-order valence-electron chi connectivity index (χ2n) is 7.29. The Morgan fingerprint density at radius 2 is 1.89 bits per heavy atom. The maximum Gasteiger partial charge on any atom is 0.261 e. The first-order valence-corrected chi connectivity index (χ1v) is 9.52. The summed E-state index contributed by atoms with van der Waals surface area (Å²) in [6, 6.07) is 5.30. The lowest BCUT2D eigenvalue weighted by Crippen LogP contribution is -2.38.